The van der Waals surface area contributed by atoms with Gasteiger partial charge in [-0.1, -0.05) is 72.8 Å². The Bertz CT molecular complexity index is 1140. The van der Waals surface area contributed by atoms with Crippen molar-refractivity contribution < 1.29 is 4.39 Å². The van der Waals surface area contributed by atoms with Gasteiger partial charge < -0.3 is 0 Å². The number of hydrogen-bond acceptors (Lipinski definition) is 2. The molecule has 3 aromatic carbocycles. The van der Waals surface area contributed by atoms with Gasteiger partial charge in [-0.25, -0.2) is 4.39 Å². The molecule has 1 aromatic heterocycles. The lowest BCUT2D eigenvalue weighted by Gasteiger charge is -2.33. The molecule has 0 bridgehead atoms. The third-order valence-electron chi connectivity index (χ3n) is 5.21. The molecule has 0 atom stereocenters. The van der Waals surface area contributed by atoms with E-state index in [0.29, 0.717) is 0 Å². The van der Waals surface area contributed by atoms with E-state index in [0.717, 1.165) is 26.6 Å². The molecule has 0 saturated carbocycles. The van der Waals surface area contributed by atoms with Crippen LogP contribution in [0, 0.1) is 24.1 Å². The van der Waals surface area contributed by atoms with Gasteiger partial charge in [-0.2, -0.15) is 5.26 Å². The lowest BCUT2D eigenvalue weighted by Crippen LogP contribution is -2.75. The summed E-state index contributed by atoms with van der Waals surface area (Å²) in [6.07, 6.45) is 0. The zero-order valence-electron chi connectivity index (χ0n) is 16.0. The SMILES string of the molecule is Cc1cccc([Si](c2ccccc2)(c2ccccc2)c2ccc(F)c(C#N)c2)n1. The van der Waals surface area contributed by atoms with Gasteiger partial charge in [-0.05, 0) is 46.7 Å². The van der Waals surface area contributed by atoms with Crippen LogP contribution in [0.15, 0.2) is 97.1 Å². The summed E-state index contributed by atoms with van der Waals surface area (Å²) in [4.78, 5) is 4.94. The molecule has 0 N–H and O–H groups in total. The highest BCUT2D eigenvalue weighted by Gasteiger charge is 2.43. The number of aromatic nitrogens is 1. The average Bonchev–Trinajstić information content (AvgIpc) is 2.77. The van der Waals surface area contributed by atoms with Gasteiger partial charge in [0.15, 0.2) is 0 Å². The van der Waals surface area contributed by atoms with Crippen molar-refractivity contribution in [3.63, 3.8) is 0 Å². The van der Waals surface area contributed by atoms with Gasteiger partial charge in [0, 0.05) is 11.0 Å². The summed E-state index contributed by atoms with van der Waals surface area (Å²) in [5.41, 5.74) is 0.979. The number of rotatable bonds is 4. The summed E-state index contributed by atoms with van der Waals surface area (Å²) in [6, 6.07) is 33.4. The third-order valence-corrected chi connectivity index (χ3v) is 9.83. The van der Waals surface area contributed by atoms with Gasteiger partial charge in [0.05, 0.1) is 5.56 Å². The first kappa shape index (κ1) is 18.8. The number of benzene rings is 3. The smallest absolute Gasteiger partial charge is 0.201 e. The zero-order valence-corrected chi connectivity index (χ0v) is 17.0. The summed E-state index contributed by atoms with van der Waals surface area (Å²) >= 11 is 0. The molecular weight excluding hydrogens is 375 g/mol. The maximum atomic E-state index is 14.2. The van der Waals surface area contributed by atoms with Crippen molar-refractivity contribution in [3.05, 3.63) is 114 Å². The van der Waals surface area contributed by atoms with E-state index in [1.165, 1.54) is 6.07 Å². The Morgan fingerprint density at radius 1 is 0.759 bits per heavy atom. The van der Waals surface area contributed by atoms with Gasteiger partial charge in [0.2, 0.25) is 8.07 Å². The molecule has 4 heteroatoms. The minimum absolute atomic E-state index is 0.0545. The summed E-state index contributed by atoms with van der Waals surface area (Å²) in [5.74, 6) is -0.502. The van der Waals surface area contributed by atoms with E-state index >= 15 is 0 Å². The van der Waals surface area contributed by atoms with E-state index in [4.69, 9.17) is 4.98 Å². The molecule has 0 spiro atoms. The molecule has 1 heterocycles. The Hall–Kier alpha value is -3.55. The number of nitrogens with zero attached hydrogens (tertiary/aromatic N) is 2. The lowest BCUT2D eigenvalue weighted by molar-refractivity contribution is 0.624. The summed E-state index contributed by atoms with van der Waals surface area (Å²) in [6.45, 7) is 1.98. The molecule has 0 aliphatic carbocycles. The minimum atomic E-state index is -2.83. The highest BCUT2D eigenvalue weighted by molar-refractivity contribution is 7.19. The zero-order chi connectivity index (χ0) is 20.3. The predicted molar refractivity (Wildman–Crippen MR) is 117 cm³/mol. The third kappa shape index (κ3) is 3.26. The maximum Gasteiger partial charge on any atom is 0.201 e. The van der Waals surface area contributed by atoms with E-state index in [9.17, 15) is 9.65 Å². The number of pyridine rings is 1. The van der Waals surface area contributed by atoms with Crippen LogP contribution in [0.4, 0.5) is 4.39 Å². The second-order valence-electron chi connectivity index (χ2n) is 6.95. The predicted octanol–water partition coefficient (Wildman–Crippen LogP) is 2.78. The lowest BCUT2D eigenvalue weighted by atomic mass is 10.2. The van der Waals surface area contributed by atoms with Crippen LogP contribution in [0.25, 0.3) is 0 Å². The molecule has 4 aromatic rings. The second kappa shape index (κ2) is 7.82. The van der Waals surface area contributed by atoms with Crippen molar-refractivity contribution in [1.82, 2.24) is 4.98 Å². The number of hydrogen-bond donors (Lipinski definition) is 0. The molecule has 0 aliphatic rings. The van der Waals surface area contributed by atoms with Crippen LogP contribution in [-0.2, 0) is 0 Å². The van der Waals surface area contributed by atoms with Gasteiger partial charge in [-0.3, -0.25) is 4.98 Å². The molecule has 0 amide bonds. The Morgan fingerprint density at radius 2 is 1.38 bits per heavy atom. The van der Waals surface area contributed by atoms with Crippen molar-refractivity contribution in [2.24, 2.45) is 0 Å². The van der Waals surface area contributed by atoms with Crippen molar-refractivity contribution >= 4 is 29.0 Å². The average molecular weight is 395 g/mol. The molecule has 140 valence electrons. The van der Waals surface area contributed by atoms with Crippen LogP contribution in [-0.4, -0.2) is 13.1 Å². The molecule has 0 radical (unpaired) electrons. The molecule has 0 aliphatic heterocycles. The monoisotopic (exact) mass is 394 g/mol. The van der Waals surface area contributed by atoms with E-state index < -0.39 is 13.9 Å². The fourth-order valence-electron chi connectivity index (χ4n) is 3.92. The maximum absolute atomic E-state index is 14.2. The van der Waals surface area contributed by atoms with Crippen molar-refractivity contribution in [2.45, 2.75) is 6.92 Å². The van der Waals surface area contributed by atoms with E-state index in [1.807, 2.05) is 67.6 Å². The molecule has 0 fully saturated rings. The summed E-state index contributed by atoms with van der Waals surface area (Å²) in [7, 11) is -2.83. The fraction of sp³-hybridized carbons (Fsp3) is 0.0400. The highest BCUT2D eigenvalue weighted by Crippen LogP contribution is 2.12. The molecule has 0 unspecified atom stereocenters. The summed E-state index contributed by atoms with van der Waals surface area (Å²) in [5, 5.41) is 13.7. The van der Waals surface area contributed by atoms with Crippen LogP contribution in [0.1, 0.15) is 11.3 Å². The first-order valence-electron chi connectivity index (χ1n) is 9.41. The minimum Gasteiger partial charge on any atom is -0.262 e. The first-order chi connectivity index (χ1) is 14.2. The molecule has 0 saturated heterocycles. The van der Waals surface area contributed by atoms with E-state index in [1.54, 1.807) is 6.07 Å². The van der Waals surface area contributed by atoms with E-state index in [-0.39, 0.29) is 5.56 Å². The largest absolute Gasteiger partial charge is 0.262 e. The van der Waals surface area contributed by atoms with Gasteiger partial charge in [0.1, 0.15) is 11.9 Å². The normalized spacial score (nSPS) is 11.1. The van der Waals surface area contributed by atoms with Crippen molar-refractivity contribution in [1.29, 1.82) is 5.26 Å². The topological polar surface area (TPSA) is 36.7 Å². The van der Waals surface area contributed by atoms with E-state index in [2.05, 4.69) is 30.3 Å². The van der Waals surface area contributed by atoms with Crippen LogP contribution < -0.4 is 20.9 Å². The molecule has 2 nitrogen and oxygen atoms in total. The van der Waals surface area contributed by atoms with Crippen LogP contribution >= 0.6 is 0 Å². The van der Waals surface area contributed by atoms with Crippen molar-refractivity contribution in [3.8, 4) is 6.07 Å². The second-order valence-corrected chi connectivity index (χ2v) is 10.7. The quantitative estimate of drug-likeness (QED) is 0.394. The van der Waals surface area contributed by atoms with Crippen molar-refractivity contribution in [2.75, 3.05) is 0 Å². The Balaban J connectivity index is 2.17. The van der Waals surface area contributed by atoms with Gasteiger partial charge in [-0.15, -0.1) is 0 Å². The number of halogens is 1. The first-order valence-corrected chi connectivity index (χ1v) is 11.4. The molecular formula is C25H19FN2Si. The van der Waals surface area contributed by atoms with Gasteiger partial charge >= 0.3 is 0 Å². The molecule has 29 heavy (non-hydrogen) atoms. The Labute approximate surface area is 170 Å². The van der Waals surface area contributed by atoms with Crippen LogP contribution in [0.2, 0.25) is 0 Å². The van der Waals surface area contributed by atoms with Gasteiger partial charge in [0.25, 0.3) is 0 Å². The number of nitriles is 1. The van der Waals surface area contributed by atoms with Crippen LogP contribution in [0.5, 0.6) is 0 Å². The fourth-order valence-corrected chi connectivity index (χ4v) is 8.57. The van der Waals surface area contributed by atoms with Crippen LogP contribution in [0.3, 0.4) is 0 Å². The number of aryl methyl sites for hydroxylation is 1. The molecule has 4 rings (SSSR count). The Kier molecular flexibility index (Phi) is 5.07. The summed E-state index contributed by atoms with van der Waals surface area (Å²) < 4.78 is 14.2. The standard InChI is InChI=1S/C25H19FN2Si/c1-19-9-8-14-25(28-19)29(21-10-4-2-5-11-21,22-12-6-3-7-13-22)23-15-16-24(26)20(17-23)18-27/h2-17H,1H3. The Morgan fingerprint density at radius 3 is 1.93 bits per heavy atom. The highest BCUT2D eigenvalue weighted by atomic mass is 28.3.